The second kappa shape index (κ2) is 16.6. The number of carbonyl (C=O) groups is 1. The van der Waals surface area contributed by atoms with Gasteiger partial charge in [0, 0.05) is 5.97 Å². The molecule has 3 nitrogen and oxygen atoms in total. The molecule has 2 radical (unpaired) electrons. The quantitative estimate of drug-likeness (QED) is 0.270. The number of nitrogens with two attached hydrogens (primary N) is 1. The fourth-order valence-corrected chi connectivity index (χ4v) is 2.70. The number of hydrogen-bond acceptors (Lipinski definition) is 3. The highest BCUT2D eigenvalue weighted by atomic mass is 28.2. The van der Waals surface area contributed by atoms with Gasteiger partial charge in [-0.1, -0.05) is 38.5 Å². The van der Waals surface area contributed by atoms with E-state index in [0.717, 1.165) is 12.8 Å². The summed E-state index contributed by atoms with van der Waals surface area (Å²) >= 11 is 0. The van der Waals surface area contributed by atoms with Crippen LogP contribution in [0.15, 0.2) is 0 Å². The fourth-order valence-electron chi connectivity index (χ4n) is 2.29. The summed E-state index contributed by atoms with van der Waals surface area (Å²) in [5.74, 6) is -0.912. The average Bonchev–Trinajstić information content (AvgIpc) is 2.43. The molecule has 0 unspecified atom stereocenters. The molecule has 20 heavy (non-hydrogen) atoms. The topological polar surface area (TPSA) is 66.2 Å². The first-order chi connectivity index (χ1) is 9.77. The standard InChI is InChI=1S/C16H31NO2Si/c17-20-15-13-11-9-7-5-3-1-2-4-6-8-10-12-14-16(18)19/h9H,1-8,10-15,17H2. The molecule has 0 aliphatic rings. The van der Waals surface area contributed by atoms with Crippen molar-refractivity contribution in [3.63, 3.8) is 0 Å². The molecule has 0 saturated heterocycles. The van der Waals surface area contributed by atoms with Gasteiger partial charge in [0.25, 0.3) is 0 Å². The van der Waals surface area contributed by atoms with Crippen molar-refractivity contribution in [3.05, 3.63) is 6.42 Å². The van der Waals surface area contributed by atoms with E-state index in [2.05, 4.69) is 6.42 Å². The highest BCUT2D eigenvalue weighted by Gasteiger charge is 1.99. The Hall–Kier alpha value is -0.483. The lowest BCUT2D eigenvalue weighted by atomic mass is 10.0. The molecule has 0 fully saturated rings. The van der Waals surface area contributed by atoms with Crippen molar-refractivity contribution in [1.82, 2.24) is 0 Å². The molecule has 0 aromatic rings. The summed E-state index contributed by atoms with van der Waals surface area (Å²) in [6, 6.07) is 1.18. The zero-order valence-corrected chi connectivity index (χ0v) is 13.9. The molecule has 0 atom stereocenters. The van der Waals surface area contributed by atoms with E-state index in [0.29, 0.717) is 9.68 Å². The van der Waals surface area contributed by atoms with E-state index in [-0.39, 0.29) is 6.42 Å². The van der Waals surface area contributed by atoms with Gasteiger partial charge >= 0.3 is 0 Å². The summed E-state index contributed by atoms with van der Waals surface area (Å²) in [5.41, 5.74) is 0. The number of rotatable bonds is 16. The van der Waals surface area contributed by atoms with Crippen molar-refractivity contribution in [1.29, 1.82) is 0 Å². The normalized spacial score (nSPS) is 10.7. The first kappa shape index (κ1) is 19.5. The Labute approximate surface area is 127 Å². The number of carbonyl (C=O) groups excluding carboxylic acids is 1. The van der Waals surface area contributed by atoms with E-state index in [1.54, 1.807) is 0 Å². The van der Waals surface area contributed by atoms with Gasteiger partial charge in [0.05, 0.1) is 19.3 Å². The van der Waals surface area contributed by atoms with Crippen molar-refractivity contribution >= 4 is 15.7 Å². The van der Waals surface area contributed by atoms with Gasteiger partial charge in [0.15, 0.2) is 0 Å². The molecule has 4 heteroatoms. The Morgan fingerprint density at radius 1 is 0.850 bits per heavy atom. The minimum Gasteiger partial charge on any atom is -0.550 e. The third-order valence-corrected chi connectivity index (χ3v) is 4.16. The van der Waals surface area contributed by atoms with Gasteiger partial charge in [-0.3, -0.25) is 0 Å². The molecule has 0 aromatic carbocycles. The van der Waals surface area contributed by atoms with Gasteiger partial charge in [-0.15, -0.1) is 0 Å². The Balaban J connectivity index is 2.94. The molecule has 0 bridgehead atoms. The Kier molecular flexibility index (Phi) is 16.2. The van der Waals surface area contributed by atoms with Crippen LogP contribution in [0.3, 0.4) is 0 Å². The SMILES string of the molecule is N[Si]CCC[CH+]CCCCCCCCCCCC(=O)[O-]. The maximum absolute atomic E-state index is 10.2. The lowest BCUT2D eigenvalue weighted by Crippen LogP contribution is -2.21. The summed E-state index contributed by atoms with van der Waals surface area (Å²) < 4.78 is 0. The van der Waals surface area contributed by atoms with Crippen molar-refractivity contribution in [2.24, 2.45) is 5.40 Å². The molecule has 0 spiro atoms. The first-order valence-electron chi connectivity index (χ1n) is 8.22. The van der Waals surface area contributed by atoms with E-state index in [9.17, 15) is 9.90 Å². The molecule has 116 valence electrons. The number of unbranched alkanes of at least 4 members (excludes halogenated alkanes) is 12. The predicted molar refractivity (Wildman–Crippen MR) is 84.1 cm³/mol. The van der Waals surface area contributed by atoms with Gasteiger partial charge in [0.1, 0.15) is 9.68 Å². The minimum atomic E-state index is -0.912. The first-order valence-corrected chi connectivity index (χ1v) is 9.50. The predicted octanol–water partition coefficient (Wildman–Crippen LogP) is 3.01. The second-order valence-electron chi connectivity index (χ2n) is 5.48. The number of carboxylic acid groups (broad SMARTS) is 1. The van der Waals surface area contributed by atoms with Crippen molar-refractivity contribution in [2.75, 3.05) is 0 Å². The molecule has 0 amide bonds. The summed E-state index contributed by atoms with van der Waals surface area (Å²) in [6.07, 6.45) is 17.3. The lowest BCUT2D eigenvalue weighted by molar-refractivity contribution is -0.305. The monoisotopic (exact) mass is 297 g/mol. The number of aliphatic carboxylic acids is 1. The summed E-state index contributed by atoms with van der Waals surface area (Å²) in [6.45, 7) is 0. The Morgan fingerprint density at radius 2 is 1.35 bits per heavy atom. The molecule has 0 rings (SSSR count). The van der Waals surface area contributed by atoms with Gasteiger partial charge < -0.3 is 15.3 Å². The smallest absolute Gasteiger partial charge is 0.136 e. The van der Waals surface area contributed by atoms with Gasteiger partial charge in [-0.05, 0) is 38.1 Å². The molecule has 0 aliphatic heterocycles. The maximum Gasteiger partial charge on any atom is 0.136 e. The van der Waals surface area contributed by atoms with Crippen LogP contribution in [-0.2, 0) is 4.79 Å². The van der Waals surface area contributed by atoms with Crippen LogP contribution < -0.4 is 10.5 Å². The number of hydrogen-bond donors (Lipinski definition) is 1. The van der Waals surface area contributed by atoms with E-state index in [1.165, 1.54) is 70.3 Å². The van der Waals surface area contributed by atoms with Gasteiger partial charge in [-0.2, -0.15) is 0 Å². The summed E-state index contributed by atoms with van der Waals surface area (Å²) in [4.78, 5) is 10.2. The maximum atomic E-state index is 10.2. The van der Waals surface area contributed by atoms with Crippen molar-refractivity contribution in [2.45, 2.75) is 89.5 Å². The van der Waals surface area contributed by atoms with Crippen molar-refractivity contribution in [3.8, 4) is 0 Å². The lowest BCUT2D eigenvalue weighted by Gasteiger charge is -2.02. The van der Waals surface area contributed by atoms with Crippen molar-refractivity contribution < 1.29 is 9.90 Å². The molecule has 2 N–H and O–H groups in total. The van der Waals surface area contributed by atoms with E-state index >= 15 is 0 Å². The van der Waals surface area contributed by atoms with Crippen LogP contribution in [0.25, 0.3) is 0 Å². The van der Waals surface area contributed by atoms with Gasteiger partial charge in [-0.25, -0.2) is 0 Å². The molecule has 0 saturated carbocycles. The van der Waals surface area contributed by atoms with Crippen LogP contribution in [-0.4, -0.2) is 15.7 Å². The van der Waals surface area contributed by atoms with Gasteiger partial charge in [0.2, 0.25) is 0 Å². The third kappa shape index (κ3) is 17.5. The molecule has 0 aromatic heterocycles. The third-order valence-electron chi connectivity index (χ3n) is 3.52. The van der Waals surface area contributed by atoms with E-state index in [4.69, 9.17) is 5.40 Å². The molecular formula is C16H31NO2Si. The molecule has 0 aliphatic carbocycles. The second-order valence-corrected chi connectivity index (χ2v) is 6.39. The largest absolute Gasteiger partial charge is 0.550 e. The van der Waals surface area contributed by atoms with Crippen LogP contribution in [0.4, 0.5) is 0 Å². The summed E-state index contributed by atoms with van der Waals surface area (Å²) in [5, 5.41) is 15.7. The minimum absolute atomic E-state index is 0.224. The molecule has 0 heterocycles. The highest BCUT2D eigenvalue weighted by molar-refractivity contribution is 6.30. The van der Waals surface area contributed by atoms with Crippen LogP contribution in [0, 0.1) is 6.42 Å². The van der Waals surface area contributed by atoms with Crippen LogP contribution >= 0.6 is 0 Å². The zero-order valence-electron chi connectivity index (χ0n) is 12.9. The zero-order chi connectivity index (χ0) is 14.9. The summed E-state index contributed by atoms with van der Waals surface area (Å²) in [7, 11) is 0.616. The Bertz CT molecular complexity index is 213. The highest BCUT2D eigenvalue weighted by Crippen LogP contribution is 2.12. The fraction of sp³-hybridized carbons (Fsp3) is 0.875. The van der Waals surface area contributed by atoms with Crippen LogP contribution in [0.5, 0.6) is 0 Å². The average molecular weight is 298 g/mol. The molecular weight excluding hydrogens is 266 g/mol. The van der Waals surface area contributed by atoms with Crippen LogP contribution in [0.2, 0.25) is 6.04 Å². The Morgan fingerprint density at radius 3 is 1.90 bits per heavy atom. The van der Waals surface area contributed by atoms with Crippen LogP contribution in [0.1, 0.15) is 83.5 Å². The number of carboxylic acids is 1. The van der Waals surface area contributed by atoms with E-state index < -0.39 is 5.97 Å². The van der Waals surface area contributed by atoms with E-state index in [1.807, 2.05) is 0 Å².